The quantitative estimate of drug-likeness (QED) is 0.677. The van der Waals surface area contributed by atoms with Crippen LogP contribution >= 0.6 is 0 Å². The van der Waals surface area contributed by atoms with Gasteiger partial charge >= 0.3 is 11.9 Å². The summed E-state index contributed by atoms with van der Waals surface area (Å²) in [6, 6.07) is -1.38. The van der Waals surface area contributed by atoms with Gasteiger partial charge in [0, 0.05) is 0 Å². The van der Waals surface area contributed by atoms with E-state index in [0.29, 0.717) is 6.42 Å². The van der Waals surface area contributed by atoms with Crippen LogP contribution in [0, 0.1) is 0 Å². The van der Waals surface area contributed by atoms with Gasteiger partial charge in [-0.15, -0.1) is 0 Å². The minimum Gasteiger partial charge on any atom is -0.465 e. The summed E-state index contributed by atoms with van der Waals surface area (Å²) in [5.74, 6) is -1.04. The fraction of sp³-hybridized carbons (Fsp3) is 0.800. The van der Waals surface area contributed by atoms with E-state index in [0.717, 1.165) is 6.42 Å². The van der Waals surface area contributed by atoms with Crippen molar-refractivity contribution >= 4 is 23.2 Å². The Balaban J connectivity index is 2.86. The lowest BCUT2D eigenvalue weighted by Gasteiger charge is -2.23. The zero-order valence-corrected chi connectivity index (χ0v) is 11.0. The monoisotopic (exact) mass is 263 g/mol. The fourth-order valence-electron chi connectivity index (χ4n) is 1.65. The van der Waals surface area contributed by atoms with Crippen molar-refractivity contribution in [3.05, 3.63) is 0 Å². The van der Waals surface area contributed by atoms with E-state index >= 15 is 0 Å². The van der Waals surface area contributed by atoms with Crippen molar-refractivity contribution in [3.8, 4) is 0 Å². The molecular formula is C10H17NO5S. The second-order valence-corrected chi connectivity index (χ2v) is 4.73. The van der Waals surface area contributed by atoms with Crippen LogP contribution in [0.4, 0.5) is 0 Å². The van der Waals surface area contributed by atoms with Gasteiger partial charge in [-0.3, -0.25) is 4.79 Å². The second kappa shape index (κ2) is 6.11. The molecule has 1 saturated heterocycles. The number of carbonyl (C=O) groups is 2. The van der Waals surface area contributed by atoms with Gasteiger partial charge < -0.3 is 8.92 Å². The molecule has 0 aromatic rings. The van der Waals surface area contributed by atoms with Crippen molar-refractivity contribution in [3.63, 3.8) is 0 Å². The maximum absolute atomic E-state index is 11.8. The van der Waals surface area contributed by atoms with E-state index in [-0.39, 0.29) is 6.61 Å². The molecule has 0 aliphatic carbocycles. The van der Waals surface area contributed by atoms with Gasteiger partial charge in [-0.1, -0.05) is 13.3 Å². The predicted octanol–water partition coefficient (Wildman–Crippen LogP) is 0.544. The van der Waals surface area contributed by atoms with Crippen molar-refractivity contribution in [2.45, 2.75) is 45.7 Å². The summed E-state index contributed by atoms with van der Waals surface area (Å²) >= 11 is -1.89. The van der Waals surface area contributed by atoms with E-state index in [9.17, 15) is 13.8 Å². The van der Waals surface area contributed by atoms with Gasteiger partial charge in [-0.2, -0.15) is 8.51 Å². The molecule has 0 spiro atoms. The molecule has 0 aromatic carbocycles. The summed E-state index contributed by atoms with van der Waals surface area (Å²) in [5.41, 5.74) is 0. The zero-order valence-electron chi connectivity index (χ0n) is 10.2. The summed E-state index contributed by atoms with van der Waals surface area (Å²) in [5, 5.41) is 0. The van der Waals surface area contributed by atoms with Crippen LogP contribution in [-0.4, -0.2) is 39.1 Å². The topological polar surface area (TPSA) is 72.9 Å². The van der Waals surface area contributed by atoms with Crippen LogP contribution in [0.1, 0.15) is 33.6 Å². The van der Waals surface area contributed by atoms with Crippen LogP contribution in [0.5, 0.6) is 0 Å². The van der Waals surface area contributed by atoms with Gasteiger partial charge in [-0.25, -0.2) is 4.79 Å². The number of ether oxygens (including phenoxy) is 1. The van der Waals surface area contributed by atoms with Gasteiger partial charge in [0.25, 0.3) is 11.3 Å². The van der Waals surface area contributed by atoms with Crippen molar-refractivity contribution in [1.29, 1.82) is 0 Å². The highest BCUT2D eigenvalue weighted by Gasteiger charge is 2.45. The normalized spacial score (nSPS) is 26.6. The standard InChI is InChI=1S/C10H17NO5S/c1-4-6-8(10(13)15-5-2)11-7(3)9(12)16-17(11)14/h7-8H,4-6H2,1-3H3/t7-,8-,17?/m0/s1. The van der Waals surface area contributed by atoms with Gasteiger partial charge in [0.2, 0.25) is 0 Å². The van der Waals surface area contributed by atoms with Crippen molar-refractivity contribution in [2.75, 3.05) is 6.61 Å². The average Bonchev–Trinajstić information content (AvgIpc) is 2.51. The number of rotatable bonds is 5. The molecule has 98 valence electrons. The molecule has 0 N–H and O–H groups in total. The molecule has 6 nitrogen and oxygen atoms in total. The van der Waals surface area contributed by atoms with E-state index in [1.54, 1.807) is 13.8 Å². The van der Waals surface area contributed by atoms with Crippen LogP contribution < -0.4 is 0 Å². The van der Waals surface area contributed by atoms with Crippen LogP contribution in [-0.2, 0) is 29.8 Å². The van der Waals surface area contributed by atoms with Gasteiger partial charge in [0.1, 0.15) is 12.1 Å². The molecule has 3 atom stereocenters. The lowest BCUT2D eigenvalue weighted by atomic mass is 10.1. The highest BCUT2D eigenvalue weighted by Crippen LogP contribution is 2.23. The Labute approximate surface area is 103 Å². The van der Waals surface area contributed by atoms with E-state index in [1.807, 2.05) is 6.92 Å². The largest absolute Gasteiger partial charge is 0.465 e. The third-order valence-corrected chi connectivity index (χ3v) is 3.70. The van der Waals surface area contributed by atoms with Crippen LogP contribution in [0.3, 0.4) is 0 Å². The summed E-state index contributed by atoms with van der Waals surface area (Å²) in [4.78, 5) is 23.0. The van der Waals surface area contributed by atoms with Crippen molar-refractivity contribution in [1.82, 2.24) is 4.31 Å². The first-order valence-electron chi connectivity index (χ1n) is 5.61. The second-order valence-electron chi connectivity index (χ2n) is 3.71. The van der Waals surface area contributed by atoms with E-state index in [2.05, 4.69) is 4.18 Å². The number of carbonyl (C=O) groups excluding carboxylic acids is 2. The molecule has 1 aliphatic heterocycles. The Kier molecular flexibility index (Phi) is 5.07. The molecule has 1 aliphatic rings. The van der Waals surface area contributed by atoms with E-state index in [1.165, 1.54) is 4.31 Å². The molecule has 1 rings (SSSR count). The molecule has 1 heterocycles. The Bertz CT molecular complexity index is 333. The molecule has 7 heteroatoms. The SMILES string of the molecule is CCC[C@@H](C(=O)OCC)N1[C@@H](C)C(=O)OS1=O. The maximum Gasteiger partial charge on any atom is 0.339 e. The highest BCUT2D eigenvalue weighted by molar-refractivity contribution is 7.78. The van der Waals surface area contributed by atoms with Gasteiger partial charge in [-0.05, 0) is 20.3 Å². The molecule has 1 unspecified atom stereocenters. The number of nitrogens with zero attached hydrogens (tertiary/aromatic N) is 1. The number of esters is 1. The Morgan fingerprint density at radius 1 is 1.59 bits per heavy atom. The Morgan fingerprint density at radius 3 is 2.65 bits per heavy atom. The third kappa shape index (κ3) is 3.04. The fourth-order valence-corrected chi connectivity index (χ4v) is 2.76. The minimum atomic E-state index is -1.89. The summed E-state index contributed by atoms with van der Waals surface area (Å²) in [6.07, 6.45) is 1.20. The molecule has 1 fully saturated rings. The summed E-state index contributed by atoms with van der Waals surface area (Å²) in [6.45, 7) is 5.42. The summed E-state index contributed by atoms with van der Waals surface area (Å²) in [7, 11) is 0. The van der Waals surface area contributed by atoms with Crippen molar-refractivity contribution in [2.24, 2.45) is 0 Å². The zero-order chi connectivity index (χ0) is 13.0. The Morgan fingerprint density at radius 2 is 2.24 bits per heavy atom. The van der Waals surface area contributed by atoms with E-state index < -0.39 is 35.3 Å². The molecular weight excluding hydrogens is 246 g/mol. The lowest BCUT2D eigenvalue weighted by Crippen LogP contribution is -2.45. The molecule has 0 saturated carbocycles. The average molecular weight is 263 g/mol. The molecule has 17 heavy (non-hydrogen) atoms. The van der Waals surface area contributed by atoms with Crippen LogP contribution in [0.15, 0.2) is 0 Å². The van der Waals surface area contributed by atoms with Gasteiger partial charge in [0.05, 0.1) is 6.61 Å². The first-order chi connectivity index (χ1) is 8.02. The molecule has 0 aromatic heterocycles. The Hall–Kier alpha value is -0.950. The van der Waals surface area contributed by atoms with Gasteiger partial charge in [0.15, 0.2) is 0 Å². The minimum absolute atomic E-state index is 0.253. The lowest BCUT2D eigenvalue weighted by molar-refractivity contribution is -0.148. The maximum atomic E-state index is 11.8. The smallest absolute Gasteiger partial charge is 0.339 e. The molecule has 0 amide bonds. The van der Waals surface area contributed by atoms with Crippen LogP contribution in [0.25, 0.3) is 0 Å². The highest BCUT2D eigenvalue weighted by atomic mass is 32.2. The van der Waals surface area contributed by atoms with Crippen LogP contribution in [0.2, 0.25) is 0 Å². The van der Waals surface area contributed by atoms with Crippen molar-refractivity contribution < 1.29 is 22.7 Å². The predicted molar refractivity (Wildman–Crippen MR) is 60.9 cm³/mol. The van der Waals surface area contributed by atoms with E-state index in [4.69, 9.17) is 4.74 Å². The summed E-state index contributed by atoms with van der Waals surface area (Å²) < 4.78 is 22.4. The number of hydrogen-bond donors (Lipinski definition) is 0. The third-order valence-electron chi connectivity index (χ3n) is 2.48. The molecule has 0 bridgehead atoms. The molecule has 0 radical (unpaired) electrons. The first kappa shape index (κ1) is 14.1. The number of hydrogen-bond acceptors (Lipinski definition) is 5. The first-order valence-corrected chi connectivity index (χ1v) is 6.65.